The number of rotatable bonds is 7. The Morgan fingerprint density at radius 3 is 2.43 bits per heavy atom. The average molecular weight is 413 g/mol. The predicted octanol–water partition coefficient (Wildman–Crippen LogP) is 4.19. The van der Waals surface area contributed by atoms with Gasteiger partial charge in [0.1, 0.15) is 11.6 Å². The van der Waals surface area contributed by atoms with Gasteiger partial charge in [-0.1, -0.05) is 13.3 Å². The highest BCUT2D eigenvalue weighted by atomic mass is 19.1. The minimum Gasteiger partial charge on any atom is -0.494 e. The zero-order valence-electron chi connectivity index (χ0n) is 16.2. The number of azo groups is 1. The minimum atomic E-state index is -0.792. The van der Waals surface area contributed by atoms with E-state index in [2.05, 4.69) is 10.2 Å². The van der Waals surface area contributed by atoms with E-state index in [1.807, 2.05) is 6.92 Å². The molecule has 0 spiro atoms. The minimum absolute atomic E-state index is 0.0790. The van der Waals surface area contributed by atoms with Crippen LogP contribution in [0.5, 0.6) is 17.5 Å². The van der Waals surface area contributed by atoms with Crippen molar-refractivity contribution in [1.29, 1.82) is 0 Å². The maximum absolute atomic E-state index is 12.8. The summed E-state index contributed by atoms with van der Waals surface area (Å²) in [6, 6.07) is 9.38. The molecule has 0 saturated heterocycles. The first kappa shape index (κ1) is 21.0. The maximum atomic E-state index is 12.8. The molecular weight excluding hydrogens is 393 g/mol. The number of ether oxygens (including phenoxy) is 1. The van der Waals surface area contributed by atoms with Gasteiger partial charge in [0.15, 0.2) is 6.61 Å². The molecule has 3 rings (SSSR count). The number of carbonyl (C=O) groups excluding carboxylic acids is 2. The van der Waals surface area contributed by atoms with Gasteiger partial charge >= 0.3 is 5.91 Å². The zero-order chi connectivity index (χ0) is 21.7. The van der Waals surface area contributed by atoms with E-state index in [0.717, 1.165) is 12.8 Å². The highest BCUT2D eigenvalue weighted by Gasteiger charge is 2.17. The molecule has 0 aliphatic heterocycles. The summed E-state index contributed by atoms with van der Waals surface area (Å²) in [5, 5.41) is 28.0. The van der Waals surface area contributed by atoms with E-state index in [-0.39, 0.29) is 23.1 Å². The Bertz CT molecular complexity index is 1110. The SMILES string of the molecule is CCCCn1c(O)c2ccc(C(=O)N=NC(=O)COc3ccc(F)cc3)cc2c1O. The number of amides is 2. The topological polar surface area (TPSA) is 113 Å². The van der Waals surface area contributed by atoms with Crippen LogP contribution in [0.15, 0.2) is 52.7 Å². The first-order valence-electron chi connectivity index (χ1n) is 9.32. The lowest BCUT2D eigenvalue weighted by Crippen LogP contribution is -2.08. The molecule has 0 radical (unpaired) electrons. The third kappa shape index (κ3) is 4.62. The summed E-state index contributed by atoms with van der Waals surface area (Å²) in [7, 11) is 0. The largest absolute Gasteiger partial charge is 0.494 e. The van der Waals surface area contributed by atoms with Crippen LogP contribution in [0.4, 0.5) is 4.39 Å². The second-order valence-electron chi connectivity index (χ2n) is 6.55. The molecule has 9 heteroatoms. The highest BCUT2D eigenvalue weighted by molar-refractivity contribution is 6.02. The van der Waals surface area contributed by atoms with Crippen LogP contribution in [-0.2, 0) is 11.3 Å². The number of fused-ring (bicyclic) bond motifs is 1. The molecule has 2 aromatic carbocycles. The molecule has 0 fully saturated rings. The summed E-state index contributed by atoms with van der Waals surface area (Å²) in [4.78, 5) is 24.0. The van der Waals surface area contributed by atoms with Gasteiger partial charge in [-0.2, -0.15) is 0 Å². The molecule has 1 aromatic heterocycles. The number of aromatic hydroxyl groups is 2. The predicted molar refractivity (Wildman–Crippen MR) is 106 cm³/mol. The molecule has 30 heavy (non-hydrogen) atoms. The van der Waals surface area contributed by atoms with Gasteiger partial charge in [-0.15, -0.1) is 10.2 Å². The number of benzene rings is 2. The lowest BCUT2D eigenvalue weighted by Gasteiger charge is -2.04. The smallest absolute Gasteiger partial charge is 0.302 e. The molecule has 3 aromatic rings. The van der Waals surface area contributed by atoms with E-state index in [9.17, 15) is 24.2 Å². The third-order valence-corrected chi connectivity index (χ3v) is 4.42. The van der Waals surface area contributed by atoms with Crippen molar-refractivity contribution in [3.63, 3.8) is 0 Å². The van der Waals surface area contributed by atoms with Gasteiger partial charge in [0.05, 0.1) is 0 Å². The first-order chi connectivity index (χ1) is 14.4. The second-order valence-corrected chi connectivity index (χ2v) is 6.55. The normalized spacial score (nSPS) is 11.3. The standard InChI is InChI=1S/C21H20FN3O5/c1-2-3-10-25-20(28)16-9-4-13(11-17(16)21(25)29)19(27)24-23-18(26)12-30-15-7-5-14(22)6-8-15/h4-9,11,28-29H,2-3,10,12H2,1H3. The molecule has 0 aliphatic carbocycles. The van der Waals surface area contributed by atoms with Crippen LogP contribution >= 0.6 is 0 Å². The van der Waals surface area contributed by atoms with Crippen molar-refractivity contribution >= 4 is 22.6 Å². The highest BCUT2D eigenvalue weighted by Crippen LogP contribution is 2.37. The molecule has 0 aliphatic rings. The van der Waals surface area contributed by atoms with Crippen LogP contribution in [0.2, 0.25) is 0 Å². The van der Waals surface area contributed by atoms with Gasteiger partial charge in [0.2, 0.25) is 11.8 Å². The zero-order valence-corrected chi connectivity index (χ0v) is 16.2. The fraction of sp³-hybridized carbons (Fsp3) is 0.238. The van der Waals surface area contributed by atoms with Crippen molar-refractivity contribution in [1.82, 2.24) is 4.57 Å². The summed E-state index contributed by atoms with van der Waals surface area (Å²) in [5.74, 6) is -1.96. The van der Waals surface area contributed by atoms with Crippen LogP contribution < -0.4 is 4.74 Å². The quantitative estimate of drug-likeness (QED) is 0.564. The number of hydrogen-bond acceptors (Lipinski definition) is 5. The monoisotopic (exact) mass is 413 g/mol. The number of unbranched alkanes of at least 4 members (excludes halogenated alkanes) is 1. The molecule has 0 bridgehead atoms. The molecule has 0 atom stereocenters. The average Bonchev–Trinajstić information content (AvgIpc) is 2.99. The van der Waals surface area contributed by atoms with Crippen LogP contribution in [-0.4, -0.2) is 33.2 Å². The van der Waals surface area contributed by atoms with Crippen molar-refractivity contribution in [2.24, 2.45) is 10.2 Å². The number of carbonyl (C=O) groups is 2. The summed E-state index contributed by atoms with van der Waals surface area (Å²) >= 11 is 0. The maximum Gasteiger partial charge on any atom is 0.302 e. The van der Waals surface area contributed by atoms with E-state index in [0.29, 0.717) is 17.3 Å². The van der Waals surface area contributed by atoms with Crippen molar-refractivity contribution < 1.29 is 28.9 Å². The molecule has 2 amide bonds. The van der Waals surface area contributed by atoms with E-state index in [4.69, 9.17) is 4.74 Å². The number of halogens is 1. The van der Waals surface area contributed by atoms with Crippen molar-refractivity contribution in [3.05, 3.63) is 53.8 Å². The Morgan fingerprint density at radius 1 is 1.03 bits per heavy atom. The molecule has 156 valence electrons. The van der Waals surface area contributed by atoms with Gasteiger partial charge in [-0.25, -0.2) is 4.39 Å². The Hall–Kier alpha value is -3.75. The van der Waals surface area contributed by atoms with Gasteiger partial charge < -0.3 is 14.9 Å². The Labute approximate surface area is 171 Å². The Balaban J connectivity index is 1.69. The lowest BCUT2D eigenvalue weighted by atomic mass is 10.1. The van der Waals surface area contributed by atoms with Crippen LogP contribution in [0, 0.1) is 5.82 Å². The van der Waals surface area contributed by atoms with Gasteiger partial charge in [-0.3, -0.25) is 14.2 Å². The molecule has 0 unspecified atom stereocenters. The summed E-state index contributed by atoms with van der Waals surface area (Å²) in [5.41, 5.74) is 0.0986. The van der Waals surface area contributed by atoms with Crippen molar-refractivity contribution in [2.45, 2.75) is 26.3 Å². The van der Waals surface area contributed by atoms with Crippen LogP contribution in [0.1, 0.15) is 30.1 Å². The Morgan fingerprint density at radius 2 is 1.73 bits per heavy atom. The molecule has 1 heterocycles. The fourth-order valence-corrected chi connectivity index (χ4v) is 2.84. The molecule has 2 N–H and O–H groups in total. The molecular formula is C21H20FN3O5. The fourth-order valence-electron chi connectivity index (χ4n) is 2.84. The molecule has 0 saturated carbocycles. The van der Waals surface area contributed by atoms with E-state index < -0.39 is 24.2 Å². The molecule has 8 nitrogen and oxygen atoms in total. The van der Waals surface area contributed by atoms with Gasteiger partial charge in [0.25, 0.3) is 5.91 Å². The third-order valence-electron chi connectivity index (χ3n) is 4.42. The first-order valence-corrected chi connectivity index (χ1v) is 9.32. The summed E-state index contributed by atoms with van der Waals surface area (Å²) < 4.78 is 19.3. The number of hydrogen-bond donors (Lipinski definition) is 2. The van der Waals surface area contributed by atoms with Crippen LogP contribution in [0.3, 0.4) is 0 Å². The van der Waals surface area contributed by atoms with Crippen LogP contribution in [0.25, 0.3) is 10.8 Å². The second kappa shape index (κ2) is 9.17. The van der Waals surface area contributed by atoms with E-state index in [1.165, 1.54) is 47.0 Å². The van der Waals surface area contributed by atoms with Crippen molar-refractivity contribution in [3.8, 4) is 17.5 Å². The van der Waals surface area contributed by atoms with Gasteiger partial charge in [0, 0.05) is 22.9 Å². The number of aromatic nitrogens is 1. The van der Waals surface area contributed by atoms with Crippen molar-refractivity contribution in [2.75, 3.05) is 6.61 Å². The lowest BCUT2D eigenvalue weighted by molar-refractivity contribution is -0.120. The van der Waals surface area contributed by atoms with E-state index in [1.54, 1.807) is 0 Å². The number of nitrogens with zero attached hydrogens (tertiary/aromatic N) is 3. The van der Waals surface area contributed by atoms with E-state index >= 15 is 0 Å². The Kier molecular flexibility index (Phi) is 6.41. The van der Waals surface area contributed by atoms with Gasteiger partial charge in [-0.05, 0) is 48.9 Å². The summed E-state index contributed by atoms with van der Waals surface area (Å²) in [6.45, 7) is 1.97. The summed E-state index contributed by atoms with van der Waals surface area (Å²) in [6.07, 6.45) is 1.65.